The molecule has 1 unspecified atom stereocenters. The zero-order valence-electron chi connectivity index (χ0n) is 7.31. The third-order valence-electron chi connectivity index (χ3n) is 1.31. The molecule has 12 heavy (non-hydrogen) atoms. The number of aliphatic hydroxyl groups is 1. The molecular weight excluding hydrogens is 158 g/mol. The van der Waals surface area contributed by atoms with Crippen LogP contribution in [0, 0.1) is 0 Å². The van der Waals surface area contributed by atoms with Gasteiger partial charge in [0.2, 0.25) is 0 Å². The van der Waals surface area contributed by atoms with Crippen LogP contribution in [0.1, 0.15) is 19.8 Å². The number of hydrogen-bond acceptors (Lipinski definition) is 3. The molecule has 0 aromatic carbocycles. The molecule has 0 aliphatic heterocycles. The third kappa shape index (κ3) is 7.34. The minimum atomic E-state index is -0.669. The van der Waals surface area contributed by atoms with Crippen LogP contribution in [0.5, 0.6) is 0 Å². The number of nitrogens with zero attached hydrogens (tertiary/aromatic N) is 3. The van der Waals surface area contributed by atoms with Crippen LogP contribution in [0.3, 0.4) is 0 Å². The Hall–Kier alpha value is -0.770. The van der Waals surface area contributed by atoms with Gasteiger partial charge < -0.3 is 9.84 Å². The Morgan fingerprint density at radius 1 is 1.67 bits per heavy atom. The molecule has 0 saturated heterocycles. The van der Waals surface area contributed by atoms with Crippen LogP contribution < -0.4 is 0 Å². The molecule has 1 atom stereocenters. The highest BCUT2D eigenvalue weighted by atomic mass is 16.5. The topological polar surface area (TPSA) is 78.2 Å². The lowest BCUT2D eigenvalue weighted by Crippen LogP contribution is -2.18. The first-order chi connectivity index (χ1) is 5.81. The standard InChI is InChI=1S/C7H15N3O2/c1-2-3-4-12-6-7(11)5-9-10-8/h7,11H,2-6H2,1H3. The van der Waals surface area contributed by atoms with Crippen molar-refractivity contribution in [2.75, 3.05) is 19.8 Å². The summed E-state index contributed by atoms with van der Waals surface area (Å²) in [6.07, 6.45) is 1.40. The van der Waals surface area contributed by atoms with E-state index < -0.39 is 6.10 Å². The van der Waals surface area contributed by atoms with Crippen molar-refractivity contribution in [3.8, 4) is 0 Å². The fourth-order valence-electron chi connectivity index (χ4n) is 0.649. The number of ether oxygens (including phenoxy) is 1. The summed E-state index contributed by atoms with van der Waals surface area (Å²) in [7, 11) is 0. The van der Waals surface area contributed by atoms with Crippen LogP contribution in [0.25, 0.3) is 10.4 Å². The Morgan fingerprint density at radius 3 is 3.00 bits per heavy atom. The van der Waals surface area contributed by atoms with Gasteiger partial charge in [0.1, 0.15) is 0 Å². The van der Waals surface area contributed by atoms with Crippen LogP contribution in [0.15, 0.2) is 5.11 Å². The number of rotatable bonds is 7. The monoisotopic (exact) mass is 173 g/mol. The van der Waals surface area contributed by atoms with E-state index in [9.17, 15) is 0 Å². The molecule has 1 N–H and O–H groups in total. The molecule has 5 heteroatoms. The molecule has 5 nitrogen and oxygen atoms in total. The van der Waals surface area contributed by atoms with Crippen molar-refractivity contribution in [2.24, 2.45) is 5.11 Å². The molecule has 0 aromatic heterocycles. The normalized spacial score (nSPS) is 12.2. The fraction of sp³-hybridized carbons (Fsp3) is 1.00. The van der Waals surface area contributed by atoms with Gasteiger partial charge in [-0.2, -0.15) is 0 Å². The lowest BCUT2D eigenvalue weighted by Gasteiger charge is -2.07. The molecule has 0 aliphatic rings. The summed E-state index contributed by atoms with van der Waals surface area (Å²) in [6.45, 7) is 3.06. The van der Waals surface area contributed by atoms with Gasteiger partial charge in [0.05, 0.1) is 19.3 Å². The van der Waals surface area contributed by atoms with Crippen molar-refractivity contribution >= 4 is 0 Å². The van der Waals surface area contributed by atoms with Gasteiger partial charge in [-0.25, -0.2) is 0 Å². The Kier molecular flexibility index (Phi) is 7.79. The average Bonchev–Trinajstić information content (AvgIpc) is 2.09. The largest absolute Gasteiger partial charge is 0.391 e. The highest BCUT2D eigenvalue weighted by Crippen LogP contribution is 1.91. The van der Waals surface area contributed by atoms with E-state index in [-0.39, 0.29) is 13.2 Å². The second-order valence-corrected chi connectivity index (χ2v) is 2.50. The van der Waals surface area contributed by atoms with Gasteiger partial charge >= 0.3 is 0 Å². The average molecular weight is 173 g/mol. The molecule has 0 fully saturated rings. The summed E-state index contributed by atoms with van der Waals surface area (Å²) in [6, 6.07) is 0. The van der Waals surface area contributed by atoms with E-state index in [4.69, 9.17) is 15.4 Å². The van der Waals surface area contributed by atoms with Crippen molar-refractivity contribution in [3.05, 3.63) is 10.4 Å². The molecule has 0 bridgehead atoms. The molecular formula is C7H15N3O2. The van der Waals surface area contributed by atoms with Crippen LogP contribution in [-0.2, 0) is 4.74 Å². The first-order valence-corrected chi connectivity index (χ1v) is 4.08. The van der Waals surface area contributed by atoms with E-state index >= 15 is 0 Å². The second kappa shape index (κ2) is 8.33. The summed E-state index contributed by atoms with van der Waals surface area (Å²) in [5, 5.41) is 12.3. The van der Waals surface area contributed by atoms with E-state index in [2.05, 4.69) is 16.9 Å². The quantitative estimate of drug-likeness (QED) is 0.274. The number of azide groups is 1. The predicted molar refractivity (Wildman–Crippen MR) is 45.7 cm³/mol. The van der Waals surface area contributed by atoms with Gasteiger partial charge in [0.15, 0.2) is 0 Å². The van der Waals surface area contributed by atoms with Crippen molar-refractivity contribution in [1.82, 2.24) is 0 Å². The lowest BCUT2D eigenvalue weighted by atomic mass is 10.3. The van der Waals surface area contributed by atoms with E-state index in [0.717, 1.165) is 12.8 Å². The summed E-state index contributed by atoms with van der Waals surface area (Å²) < 4.78 is 5.10. The highest BCUT2D eigenvalue weighted by Gasteiger charge is 2.00. The van der Waals surface area contributed by atoms with Crippen LogP contribution in [-0.4, -0.2) is 31.0 Å². The Morgan fingerprint density at radius 2 is 2.42 bits per heavy atom. The van der Waals surface area contributed by atoms with Crippen molar-refractivity contribution in [3.63, 3.8) is 0 Å². The van der Waals surface area contributed by atoms with Gasteiger partial charge in [0.25, 0.3) is 0 Å². The number of unbranched alkanes of at least 4 members (excludes halogenated alkanes) is 1. The van der Waals surface area contributed by atoms with Gasteiger partial charge in [-0.1, -0.05) is 18.5 Å². The molecule has 0 amide bonds. The van der Waals surface area contributed by atoms with Crippen molar-refractivity contribution < 1.29 is 9.84 Å². The maximum absolute atomic E-state index is 9.09. The van der Waals surface area contributed by atoms with Gasteiger partial charge in [-0.3, -0.25) is 0 Å². The molecule has 0 heterocycles. The zero-order valence-corrected chi connectivity index (χ0v) is 7.31. The minimum absolute atomic E-state index is 0.0859. The first-order valence-electron chi connectivity index (χ1n) is 4.08. The van der Waals surface area contributed by atoms with Crippen LogP contribution in [0.2, 0.25) is 0 Å². The SMILES string of the molecule is CCCCOCC(O)CN=[N+]=[N-]. The minimum Gasteiger partial charge on any atom is -0.391 e. The van der Waals surface area contributed by atoms with E-state index in [1.807, 2.05) is 0 Å². The summed E-state index contributed by atoms with van der Waals surface area (Å²) in [5.74, 6) is 0. The lowest BCUT2D eigenvalue weighted by molar-refractivity contribution is 0.0402. The smallest absolute Gasteiger partial charge is 0.0829 e. The third-order valence-corrected chi connectivity index (χ3v) is 1.31. The van der Waals surface area contributed by atoms with Crippen LogP contribution in [0.4, 0.5) is 0 Å². The van der Waals surface area contributed by atoms with E-state index in [1.165, 1.54) is 0 Å². The number of hydrogen-bond donors (Lipinski definition) is 1. The molecule has 0 aromatic rings. The summed E-state index contributed by atoms with van der Waals surface area (Å²) >= 11 is 0. The van der Waals surface area contributed by atoms with Gasteiger partial charge in [-0.05, 0) is 12.0 Å². The van der Waals surface area contributed by atoms with E-state index in [0.29, 0.717) is 6.61 Å². The summed E-state index contributed by atoms with van der Waals surface area (Å²) in [4.78, 5) is 2.53. The number of aliphatic hydroxyl groups excluding tert-OH is 1. The second-order valence-electron chi connectivity index (χ2n) is 2.50. The first kappa shape index (κ1) is 11.2. The highest BCUT2D eigenvalue weighted by molar-refractivity contribution is 4.57. The van der Waals surface area contributed by atoms with Gasteiger partial charge in [0, 0.05) is 11.5 Å². The molecule has 0 rings (SSSR count). The molecule has 70 valence electrons. The summed E-state index contributed by atoms with van der Waals surface area (Å²) in [5.41, 5.74) is 7.93. The van der Waals surface area contributed by atoms with Crippen molar-refractivity contribution in [1.29, 1.82) is 0 Å². The predicted octanol–water partition coefficient (Wildman–Crippen LogP) is 1.47. The molecule has 0 aliphatic carbocycles. The zero-order chi connectivity index (χ0) is 9.23. The molecule has 0 spiro atoms. The van der Waals surface area contributed by atoms with Gasteiger partial charge in [-0.15, -0.1) is 0 Å². The van der Waals surface area contributed by atoms with E-state index in [1.54, 1.807) is 0 Å². The maximum atomic E-state index is 9.09. The maximum Gasteiger partial charge on any atom is 0.0829 e. The Labute approximate surface area is 72.0 Å². The molecule has 0 radical (unpaired) electrons. The fourth-order valence-corrected chi connectivity index (χ4v) is 0.649. The van der Waals surface area contributed by atoms with Crippen molar-refractivity contribution in [2.45, 2.75) is 25.9 Å². The Balaban J connectivity index is 3.18. The Bertz CT molecular complexity index is 146. The molecule has 0 saturated carbocycles. The van der Waals surface area contributed by atoms with Crippen LogP contribution >= 0.6 is 0 Å².